The van der Waals surface area contributed by atoms with Crippen molar-refractivity contribution in [3.8, 4) is 5.75 Å². The van der Waals surface area contributed by atoms with Gasteiger partial charge in [0.1, 0.15) is 11.9 Å². The third-order valence-corrected chi connectivity index (χ3v) is 2.96. The van der Waals surface area contributed by atoms with Gasteiger partial charge in [-0.15, -0.1) is 0 Å². The van der Waals surface area contributed by atoms with E-state index in [1.54, 1.807) is 0 Å². The van der Waals surface area contributed by atoms with E-state index in [1.807, 2.05) is 0 Å². The number of hydrogen-bond donors (Lipinski definition) is 3. The number of methoxy groups -OCH3 is 2. The summed E-state index contributed by atoms with van der Waals surface area (Å²) in [6, 6.07) is 4.43. The number of rotatable bonds is 7. The van der Waals surface area contributed by atoms with Crippen molar-refractivity contribution in [1.82, 2.24) is 0 Å². The van der Waals surface area contributed by atoms with Crippen molar-refractivity contribution in [2.75, 3.05) is 14.2 Å². The molecule has 0 saturated carbocycles. The predicted octanol–water partition coefficient (Wildman–Crippen LogP) is 0.280. The van der Waals surface area contributed by atoms with Gasteiger partial charge in [0.05, 0.1) is 33.2 Å². The van der Waals surface area contributed by atoms with E-state index < -0.39 is 24.1 Å². The molecule has 0 bridgehead atoms. The van der Waals surface area contributed by atoms with Crippen LogP contribution in [0.25, 0.3) is 0 Å². The van der Waals surface area contributed by atoms with E-state index in [0.717, 1.165) is 0 Å². The van der Waals surface area contributed by atoms with Crippen LogP contribution in [0, 0.1) is 0 Å². The maximum Gasteiger partial charge on any atom is 0.308 e. The number of carbonyl (C=O) groups is 2. The van der Waals surface area contributed by atoms with Crippen LogP contribution in [-0.2, 0) is 20.7 Å². The molecular formula is C14H18O7. The van der Waals surface area contributed by atoms with Crippen LogP contribution < -0.4 is 4.74 Å². The highest BCUT2D eigenvalue weighted by Gasteiger charge is 2.23. The number of carboxylic acid groups (broad SMARTS) is 1. The predicted molar refractivity (Wildman–Crippen MR) is 71.9 cm³/mol. The smallest absolute Gasteiger partial charge is 0.308 e. The standard InChI is InChI=1S/C14H18O7/c1-20-11-4-3-8(5-9(11)6-12(16)17)14(19)10(15)7-13(18)21-2/h3-5,10,14-15,19H,6-7H2,1-2H3,(H,16,17). The molecule has 7 nitrogen and oxygen atoms in total. The zero-order chi connectivity index (χ0) is 16.0. The molecule has 0 fully saturated rings. The summed E-state index contributed by atoms with van der Waals surface area (Å²) in [7, 11) is 2.59. The highest BCUT2D eigenvalue weighted by Crippen LogP contribution is 2.26. The zero-order valence-electron chi connectivity index (χ0n) is 11.8. The summed E-state index contributed by atoms with van der Waals surface area (Å²) in [5.74, 6) is -1.33. The van der Waals surface area contributed by atoms with E-state index >= 15 is 0 Å². The van der Waals surface area contributed by atoms with Crippen molar-refractivity contribution in [3.63, 3.8) is 0 Å². The van der Waals surface area contributed by atoms with Crippen molar-refractivity contribution < 1.29 is 34.4 Å². The molecule has 21 heavy (non-hydrogen) atoms. The largest absolute Gasteiger partial charge is 0.496 e. The molecule has 1 rings (SSSR count). The fourth-order valence-corrected chi connectivity index (χ4v) is 1.87. The second-order valence-corrected chi connectivity index (χ2v) is 4.43. The van der Waals surface area contributed by atoms with Crippen LogP contribution in [0.3, 0.4) is 0 Å². The summed E-state index contributed by atoms with van der Waals surface area (Å²) in [6.45, 7) is 0. The molecule has 116 valence electrons. The van der Waals surface area contributed by atoms with Gasteiger partial charge in [-0.1, -0.05) is 6.07 Å². The van der Waals surface area contributed by atoms with Crippen molar-refractivity contribution in [1.29, 1.82) is 0 Å². The van der Waals surface area contributed by atoms with Gasteiger partial charge in [-0.05, 0) is 17.7 Å². The van der Waals surface area contributed by atoms with Gasteiger partial charge >= 0.3 is 11.9 Å². The Morgan fingerprint density at radius 3 is 2.43 bits per heavy atom. The average Bonchev–Trinajstić information content (AvgIpc) is 2.45. The fraction of sp³-hybridized carbons (Fsp3) is 0.429. The number of carbonyl (C=O) groups excluding carboxylic acids is 1. The Morgan fingerprint density at radius 1 is 1.24 bits per heavy atom. The average molecular weight is 298 g/mol. The second-order valence-electron chi connectivity index (χ2n) is 4.43. The van der Waals surface area contributed by atoms with E-state index in [4.69, 9.17) is 9.84 Å². The van der Waals surface area contributed by atoms with Crippen LogP contribution in [0.4, 0.5) is 0 Å². The molecule has 0 saturated heterocycles. The lowest BCUT2D eigenvalue weighted by atomic mass is 9.98. The number of hydrogen-bond acceptors (Lipinski definition) is 6. The number of carboxylic acids is 1. The highest BCUT2D eigenvalue weighted by atomic mass is 16.5. The van der Waals surface area contributed by atoms with Crippen molar-refractivity contribution in [2.45, 2.75) is 25.0 Å². The van der Waals surface area contributed by atoms with E-state index in [1.165, 1.54) is 32.4 Å². The molecule has 0 aromatic heterocycles. The molecular weight excluding hydrogens is 280 g/mol. The number of esters is 1. The molecule has 0 aliphatic rings. The minimum atomic E-state index is -1.34. The molecule has 3 N–H and O–H groups in total. The molecule has 0 spiro atoms. The monoisotopic (exact) mass is 298 g/mol. The first-order valence-electron chi connectivity index (χ1n) is 6.20. The molecule has 0 aliphatic carbocycles. The molecule has 2 atom stereocenters. The maximum absolute atomic E-state index is 11.1. The Kier molecular flexibility index (Phi) is 6.13. The van der Waals surface area contributed by atoms with Crippen LogP contribution in [0.15, 0.2) is 18.2 Å². The minimum absolute atomic E-state index is 0.281. The van der Waals surface area contributed by atoms with Crippen LogP contribution in [0.5, 0.6) is 5.75 Å². The third kappa shape index (κ3) is 4.73. The number of benzene rings is 1. The zero-order valence-corrected chi connectivity index (χ0v) is 11.8. The number of aliphatic hydroxyl groups is 2. The third-order valence-electron chi connectivity index (χ3n) is 2.96. The van der Waals surface area contributed by atoms with Crippen molar-refractivity contribution in [3.05, 3.63) is 29.3 Å². The van der Waals surface area contributed by atoms with E-state index in [9.17, 15) is 19.8 Å². The molecule has 1 aromatic rings. The van der Waals surface area contributed by atoms with E-state index in [0.29, 0.717) is 16.9 Å². The Bertz CT molecular complexity index is 512. The first-order valence-corrected chi connectivity index (χ1v) is 6.20. The van der Waals surface area contributed by atoms with Gasteiger partial charge in [0.25, 0.3) is 0 Å². The number of aliphatic carboxylic acids is 1. The fourth-order valence-electron chi connectivity index (χ4n) is 1.87. The van der Waals surface area contributed by atoms with Crippen LogP contribution in [-0.4, -0.2) is 47.6 Å². The lowest BCUT2D eigenvalue weighted by molar-refractivity contribution is -0.144. The topological polar surface area (TPSA) is 113 Å². The van der Waals surface area contributed by atoms with Gasteiger partial charge in [-0.2, -0.15) is 0 Å². The molecule has 0 heterocycles. The molecule has 1 aromatic carbocycles. The summed E-state index contributed by atoms with van der Waals surface area (Å²) >= 11 is 0. The van der Waals surface area contributed by atoms with Gasteiger partial charge in [0.15, 0.2) is 0 Å². The van der Waals surface area contributed by atoms with Gasteiger partial charge in [-0.3, -0.25) is 9.59 Å². The molecule has 2 unspecified atom stereocenters. The van der Waals surface area contributed by atoms with Crippen molar-refractivity contribution in [2.24, 2.45) is 0 Å². The Labute approximate surface area is 121 Å². The lowest BCUT2D eigenvalue weighted by Crippen LogP contribution is -2.22. The minimum Gasteiger partial charge on any atom is -0.496 e. The van der Waals surface area contributed by atoms with Gasteiger partial charge in [0, 0.05) is 5.56 Å². The molecule has 0 amide bonds. The number of aliphatic hydroxyl groups excluding tert-OH is 2. The molecule has 7 heteroatoms. The Balaban J connectivity index is 2.96. The quantitative estimate of drug-likeness (QED) is 0.619. The van der Waals surface area contributed by atoms with Gasteiger partial charge < -0.3 is 24.8 Å². The van der Waals surface area contributed by atoms with E-state index in [-0.39, 0.29) is 12.8 Å². The second kappa shape index (κ2) is 7.61. The summed E-state index contributed by atoms with van der Waals surface area (Å²) < 4.78 is 9.45. The normalized spacial score (nSPS) is 13.3. The maximum atomic E-state index is 11.1. The van der Waals surface area contributed by atoms with Gasteiger partial charge in [-0.25, -0.2) is 0 Å². The first kappa shape index (κ1) is 16.9. The summed E-state index contributed by atoms with van der Waals surface area (Å²) in [5, 5.41) is 28.6. The van der Waals surface area contributed by atoms with Crippen LogP contribution in [0.2, 0.25) is 0 Å². The highest BCUT2D eigenvalue weighted by molar-refractivity contribution is 5.71. The molecule has 0 radical (unpaired) electrons. The molecule has 0 aliphatic heterocycles. The Hall–Kier alpha value is -2.12. The summed E-state index contributed by atoms with van der Waals surface area (Å²) in [6.07, 6.45) is -3.32. The van der Waals surface area contributed by atoms with Crippen LogP contribution >= 0.6 is 0 Å². The van der Waals surface area contributed by atoms with Gasteiger partial charge in [0.2, 0.25) is 0 Å². The van der Waals surface area contributed by atoms with E-state index in [2.05, 4.69) is 4.74 Å². The first-order chi connectivity index (χ1) is 9.88. The number of ether oxygens (including phenoxy) is 2. The van der Waals surface area contributed by atoms with Crippen LogP contribution in [0.1, 0.15) is 23.7 Å². The summed E-state index contributed by atoms with van der Waals surface area (Å²) in [4.78, 5) is 21.9. The lowest BCUT2D eigenvalue weighted by Gasteiger charge is -2.18. The van der Waals surface area contributed by atoms with Crippen molar-refractivity contribution >= 4 is 11.9 Å². The SMILES string of the molecule is COC(=O)CC(O)C(O)c1ccc(OC)c(CC(=O)O)c1. The summed E-state index contributed by atoms with van der Waals surface area (Å²) in [5.41, 5.74) is 0.662. The Morgan fingerprint density at radius 2 is 1.90 bits per heavy atom.